The molecule has 0 N–H and O–H groups in total. The third-order valence-electron chi connectivity index (χ3n) is 2.36. The van der Waals surface area contributed by atoms with Crippen LogP contribution in [0.5, 0.6) is 11.5 Å². The molecule has 0 aliphatic rings. The highest BCUT2D eigenvalue weighted by atomic mass is 32.1. The number of ether oxygens (including phenoxy) is 2. The van der Waals surface area contributed by atoms with Gasteiger partial charge in [0, 0.05) is 13.1 Å². The molecule has 0 saturated carbocycles. The molecular formula is C13H13NO3S. The Balaban J connectivity index is 2.06. The van der Waals surface area contributed by atoms with E-state index in [1.54, 1.807) is 38.4 Å². The van der Waals surface area contributed by atoms with Gasteiger partial charge in [-0.2, -0.15) is 0 Å². The largest absolute Gasteiger partial charge is 0.497 e. The van der Waals surface area contributed by atoms with Crippen LogP contribution in [0.2, 0.25) is 0 Å². The summed E-state index contributed by atoms with van der Waals surface area (Å²) in [6, 6.07) is 10.7. The lowest BCUT2D eigenvalue weighted by atomic mass is 10.3. The van der Waals surface area contributed by atoms with E-state index in [-0.39, 0.29) is 0 Å². The van der Waals surface area contributed by atoms with Crippen LogP contribution in [-0.2, 0) is 0 Å². The smallest absolute Gasteiger partial charge is 0.420 e. The van der Waals surface area contributed by atoms with Crippen molar-refractivity contribution in [2.75, 3.05) is 19.1 Å². The van der Waals surface area contributed by atoms with Gasteiger partial charge in [0.05, 0.1) is 7.11 Å². The highest BCUT2D eigenvalue weighted by molar-refractivity contribution is 7.14. The number of hydrogen-bond donors (Lipinski definition) is 0. The van der Waals surface area contributed by atoms with E-state index in [0.717, 1.165) is 5.00 Å². The summed E-state index contributed by atoms with van der Waals surface area (Å²) in [5.74, 6) is 1.11. The predicted molar refractivity (Wildman–Crippen MR) is 71.7 cm³/mol. The second-order valence-corrected chi connectivity index (χ2v) is 4.48. The standard InChI is InChI=1S/C13H13NO3S/c1-14(12-7-4-8-18-12)13(15)17-11-6-3-5-10(9-11)16-2/h3-9H,1-2H3. The quantitative estimate of drug-likeness (QED) is 0.852. The van der Waals surface area contributed by atoms with Crippen molar-refractivity contribution in [3.8, 4) is 11.5 Å². The molecule has 0 aliphatic heterocycles. The van der Waals surface area contributed by atoms with Crippen molar-refractivity contribution in [1.82, 2.24) is 0 Å². The summed E-state index contributed by atoms with van der Waals surface area (Å²) in [6.45, 7) is 0. The summed E-state index contributed by atoms with van der Waals surface area (Å²) in [7, 11) is 3.24. The topological polar surface area (TPSA) is 38.8 Å². The molecule has 18 heavy (non-hydrogen) atoms. The first-order valence-corrected chi connectivity index (χ1v) is 6.22. The van der Waals surface area contributed by atoms with Gasteiger partial charge in [-0.05, 0) is 29.6 Å². The fourth-order valence-corrected chi connectivity index (χ4v) is 2.07. The van der Waals surface area contributed by atoms with Gasteiger partial charge < -0.3 is 9.47 Å². The van der Waals surface area contributed by atoms with Crippen LogP contribution in [0.4, 0.5) is 9.80 Å². The molecule has 0 aliphatic carbocycles. The van der Waals surface area contributed by atoms with Gasteiger partial charge in [0.25, 0.3) is 0 Å². The second kappa shape index (κ2) is 5.55. The average molecular weight is 263 g/mol. The van der Waals surface area contributed by atoms with Gasteiger partial charge in [-0.1, -0.05) is 6.07 Å². The van der Waals surface area contributed by atoms with Gasteiger partial charge in [0.1, 0.15) is 16.5 Å². The van der Waals surface area contributed by atoms with Crippen LogP contribution >= 0.6 is 11.3 Å². The first-order valence-electron chi connectivity index (χ1n) is 5.34. The minimum atomic E-state index is -0.425. The van der Waals surface area contributed by atoms with E-state index < -0.39 is 6.09 Å². The molecule has 5 heteroatoms. The maximum atomic E-state index is 11.9. The lowest BCUT2D eigenvalue weighted by molar-refractivity contribution is 0.209. The molecule has 2 rings (SSSR count). The minimum absolute atomic E-state index is 0.425. The molecule has 1 amide bonds. The molecule has 0 bridgehead atoms. The molecule has 1 heterocycles. The summed E-state index contributed by atoms with van der Waals surface area (Å²) in [6.07, 6.45) is -0.425. The Morgan fingerprint density at radius 1 is 1.22 bits per heavy atom. The van der Waals surface area contributed by atoms with Crippen LogP contribution in [0.3, 0.4) is 0 Å². The van der Waals surface area contributed by atoms with Gasteiger partial charge in [-0.25, -0.2) is 4.79 Å². The third kappa shape index (κ3) is 2.81. The molecule has 0 atom stereocenters. The number of methoxy groups -OCH3 is 1. The van der Waals surface area contributed by atoms with Crippen LogP contribution in [0, 0.1) is 0 Å². The van der Waals surface area contributed by atoms with Crippen LogP contribution in [-0.4, -0.2) is 20.3 Å². The molecule has 0 fully saturated rings. The number of rotatable bonds is 3. The number of thiophene rings is 1. The molecule has 0 saturated heterocycles. The minimum Gasteiger partial charge on any atom is -0.497 e. The molecule has 0 radical (unpaired) electrons. The lowest BCUT2D eigenvalue weighted by Gasteiger charge is -2.14. The average Bonchev–Trinajstić information content (AvgIpc) is 2.92. The number of nitrogens with zero attached hydrogens (tertiary/aromatic N) is 1. The van der Waals surface area contributed by atoms with Crippen molar-refractivity contribution >= 4 is 22.4 Å². The van der Waals surface area contributed by atoms with E-state index in [4.69, 9.17) is 9.47 Å². The molecule has 1 aromatic heterocycles. The molecule has 94 valence electrons. The molecule has 0 spiro atoms. The van der Waals surface area contributed by atoms with E-state index in [9.17, 15) is 4.79 Å². The summed E-state index contributed by atoms with van der Waals surface area (Å²) < 4.78 is 10.3. The normalized spacial score (nSPS) is 9.89. The molecular weight excluding hydrogens is 250 g/mol. The third-order valence-corrected chi connectivity index (χ3v) is 3.30. The van der Waals surface area contributed by atoms with Crippen LogP contribution in [0.1, 0.15) is 0 Å². The molecule has 1 aromatic carbocycles. The fourth-order valence-electron chi connectivity index (χ4n) is 1.38. The maximum absolute atomic E-state index is 11.9. The van der Waals surface area contributed by atoms with E-state index >= 15 is 0 Å². The summed E-state index contributed by atoms with van der Waals surface area (Å²) in [5.41, 5.74) is 0. The van der Waals surface area contributed by atoms with Gasteiger partial charge in [0.2, 0.25) is 0 Å². The van der Waals surface area contributed by atoms with Crippen molar-refractivity contribution in [3.05, 3.63) is 41.8 Å². The summed E-state index contributed by atoms with van der Waals surface area (Å²) in [5, 5.41) is 2.74. The Labute approximate surface area is 109 Å². The molecule has 4 nitrogen and oxygen atoms in total. The number of carbonyl (C=O) groups excluding carboxylic acids is 1. The Hall–Kier alpha value is -2.01. The lowest BCUT2D eigenvalue weighted by Crippen LogP contribution is -2.28. The van der Waals surface area contributed by atoms with Crippen LogP contribution in [0.15, 0.2) is 41.8 Å². The zero-order valence-electron chi connectivity index (χ0n) is 10.1. The Kier molecular flexibility index (Phi) is 3.84. The first-order chi connectivity index (χ1) is 8.70. The predicted octanol–water partition coefficient (Wildman–Crippen LogP) is 3.39. The summed E-state index contributed by atoms with van der Waals surface area (Å²) >= 11 is 1.48. The van der Waals surface area contributed by atoms with Crippen LogP contribution < -0.4 is 14.4 Å². The van der Waals surface area contributed by atoms with Crippen molar-refractivity contribution in [2.45, 2.75) is 0 Å². The van der Waals surface area contributed by atoms with E-state index in [2.05, 4.69) is 0 Å². The second-order valence-electron chi connectivity index (χ2n) is 3.56. The van der Waals surface area contributed by atoms with E-state index in [1.807, 2.05) is 17.5 Å². The van der Waals surface area contributed by atoms with E-state index in [0.29, 0.717) is 11.5 Å². The highest BCUT2D eigenvalue weighted by Crippen LogP contribution is 2.23. The number of benzene rings is 1. The van der Waals surface area contributed by atoms with Gasteiger partial charge in [-0.3, -0.25) is 4.90 Å². The molecule has 0 unspecified atom stereocenters. The Morgan fingerprint density at radius 2 is 2.00 bits per heavy atom. The van der Waals surface area contributed by atoms with Gasteiger partial charge >= 0.3 is 6.09 Å². The Bertz CT molecular complexity index is 525. The van der Waals surface area contributed by atoms with Crippen LogP contribution in [0.25, 0.3) is 0 Å². The van der Waals surface area contributed by atoms with Crippen molar-refractivity contribution in [2.24, 2.45) is 0 Å². The maximum Gasteiger partial charge on any atom is 0.420 e. The van der Waals surface area contributed by atoms with Crippen molar-refractivity contribution < 1.29 is 14.3 Å². The zero-order valence-corrected chi connectivity index (χ0v) is 10.9. The Morgan fingerprint density at radius 3 is 2.67 bits per heavy atom. The summed E-state index contributed by atoms with van der Waals surface area (Å²) in [4.78, 5) is 13.3. The monoisotopic (exact) mass is 263 g/mol. The zero-order chi connectivity index (χ0) is 13.0. The van der Waals surface area contributed by atoms with Gasteiger partial charge in [0.15, 0.2) is 0 Å². The molecule has 2 aromatic rings. The van der Waals surface area contributed by atoms with Crippen molar-refractivity contribution in [1.29, 1.82) is 0 Å². The number of amides is 1. The van der Waals surface area contributed by atoms with Crippen molar-refractivity contribution in [3.63, 3.8) is 0 Å². The number of carbonyl (C=O) groups is 1. The first kappa shape index (κ1) is 12.4. The van der Waals surface area contributed by atoms with Gasteiger partial charge in [-0.15, -0.1) is 11.3 Å². The highest BCUT2D eigenvalue weighted by Gasteiger charge is 2.14. The SMILES string of the molecule is COc1cccc(OC(=O)N(C)c2cccs2)c1. The number of hydrogen-bond acceptors (Lipinski definition) is 4. The number of anilines is 1. The fraction of sp³-hybridized carbons (Fsp3) is 0.154. The van der Waals surface area contributed by atoms with E-state index in [1.165, 1.54) is 16.2 Å².